The molecular weight excluding hydrogens is 628 g/mol. The number of hydrogen-bond donors (Lipinski definition) is 1. The molecule has 10 atom stereocenters. The average Bonchev–Trinajstić information content (AvgIpc) is 3.15. The minimum absolute atomic E-state index is 0.0523. The SMILES string of the molecule is C=C1CC(OC(C)=O)C(OC(C)=O)C2(C)C(OC(=O)C(C)C)CC(OC(=O)CC(C)C)C(C)=CC3OC(=O)C(C)C3(O)C(OC(C)=O)C12. The van der Waals surface area contributed by atoms with Crippen molar-refractivity contribution < 1.29 is 62.3 Å². The summed E-state index contributed by atoms with van der Waals surface area (Å²) in [6.07, 6.45) is -6.68. The molecule has 0 aromatic carbocycles. The molecule has 48 heavy (non-hydrogen) atoms. The number of ether oxygens (including phenoxy) is 6. The second-order valence-electron chi connectivity index (χ2n) is 14.2. The van der Waals surface area contributed by atoms with Crippen molar-refractivity contribution in [2.75, 3.05) is 0 Å². The van der Waals surface area contributed by atoms with Gasteiger partial charge in [-0.15, -0.1) is 0 Å². The van der Waals surface area contributed by atoms with E-state index in [1.807, 2.05) is 13.8 Å². The van der Waals surface area contributed by atoms with Gasteiger partial charge in [-0.1, -0.05) is 46.8 Å². The van der Waals surface area contributed by atoms with Crippen molar-refractivity contribution in [2.45, 2.75) is 131 Å². The molecule has 0 aromatic rings. The number of carbonyl (C=O) groups is 6. The Morgan fingerprint density at radius 2 is 1.52 bits per heavy atom. The third-order valence-electron chi connectivity index (χ3n) is 9.55. The summed E-state index contributed by atoms with van der Waals surface area (Å²) >= 11 is 0. The number of fused-ring (bicyclic) bond motifs is 2. The predicted molar refractivity (Wildman–Crippen MR) is 168 cm³/mol. The number of hydrogen-bond acceptors (Lipinski definition) is 13. The summed E-state index contributed by atoms with van der Waals surface area (Å²) < 4.78 is 35.4. The van der Waals surface area contributed by atoms with E-state index in [1.54, 1.807) is 27.7 Å². The lowest BCUT2D eigenvalue weighted by Crippen LogP contribution is -2.68. The second-order valence-corrected chi connectivity index (χ2v) is 14.2. The van der Waals surface area contributed by atoms with E-state index >= 15 is 0 Å². The maximum absolute atomic E-state index is 13.4. The van der Waals surface area contributed by atoms with E-state index in [9.17, 15) is 33.9 Å². The lowest BCUT2D eigenvalue weighted by Gasteiger charge is -2.57. The first-order chi connectivity index (χ1) is 22.1. The Balaban J connectivity index is 2.49. The van der Waals surface area contributed by atoms with Crippen molar-refractivity contribution in [3.05, 3.63) is 23.8 Å². The highest BCUT2D eigenvalue weighted by Gasteiger charge is 2.69. The Labute approximate surface area is 281 Å². The van der Waals surface area contributed by atoms with Gasteiger partial charge in [0, 0.05) is 46.0 Å². The Bertz CT molecular complexity index is 1350. The van der Waals surface area contributed by atoms with Crippen molar-refractivity contribution >= 4 is 35.8 Å². The third-order valence-corrected chi connectivity index (χ3v) is 9.55. The van der Waals surface area contributed by atoms with Crippen LogP contribution in [-0.4, -0.2) is 83.1 Å². The van der Waals surface area contributed by atoms with Crippen molar-refractivity contribution in [3.63, 3.8) is 0 Å². The molecule has 0 radical (unpaired) electrons. The monoisotopic (exact) mass is 678 g/mol. The normalized spacial score (nSPS) is 35.0. The summed E-state index contributed by atoms with van der Waals surface area (Å²) in [7, 11) is 0. The highest BCUT2D eigenvalue weighted by atomic mass is 16.6. The summed E-state index contributed by atoms with van der Waals surface area (Å²) in [5.74, 6) is -7.41. The van der Waals surface area contributed by atoms with E-state index < -0.39 is 101 Å². The van der Waals surface area contributed by atoms with Crippen LogP contribution in [0.15, 0.2) is 23.8 Å². The Morgan fingerprint density at radius 1 is 0.958 bits per heavy atom. The van der Waals surface area contributed by atoms with E-state index in [2.05, 4.69) is 6.58 Å². The standard InChI is InChI=1S/C35H50O13/c1-16(2)12-28(39)46-24-15-26(47-32(40)17(3)4)34(11)29(19(6)13-25(43-21(8)36)30(34)44-22(9)37)31(45-23(10)38)35(42)20(7)33(41)48-27(35)14-18(24)5/h14,16-17,20,24-27,29-31,42H,6,12-13,15H2,1-5,7-11H3. The quantitative estimate of drug-likeness (QED) is 0.224. The largest absolute Gasteiger partial charge is 0.461 e. The summed E-state index contributed by atoms with van der Waals surface area (Å²) in [4.78, 5) is 77.7. The van der Waals surface area contributed by atoms with Gasteiger partial charge in [-0.3, -0.25) is 28.8 Å². The number of carbonyl (C=O) groups excluding carboxylic acids is 6. The van der Waals surface area contributed by atoms with Crippen molar-refractivity contribution in [1.29, 1.82) is 0 Å². The second kappa shape index (κ2) is 14.8. The average molecular weight is 679 g/mol. The summed E-state index contributed by atoms with van der Waals surface area (Å²) in [5, 5.41) is 12.7. The molecule has 1 saturated carbocycles. The molecule has 0 amide bonds. The van der Waals surface area contributed by atoms with Gasteiger partial charge >= 0.3 is 35.8 Å². The van der Waals surface area contributed by atoms with Crippen molar-refractivity contribution in [1.82, 2.24) is 0 Å². The first-order valence-electron chi connectivity index (χ1n) is 16.3. The van der Waals surface area contributed by atoms with Gasteiger partial charge in [-0.25, -0.2) is 0 Å². The molecule has 1 saturated heterocycles. The maximum atomic E-state index is 13.4. The molecular formula is C35H50O13. The van der Waals surface area contributed by atoms with E-state index in [0.29, 0.717) is 5.57 Å². The number of aliphatic hydroxyl groups is 1. The highest BCUT2D eigenvalue weighted by Crippen LogP contribution is 2.57. The zero-order chi connectivity index (χ0) is 36.5. The molecule has 2 fully saturated rings. The van der Waals surface area contributed by atoms with Gasteiger partial charge in [0.05, 0.1) is 17.3 Å². The molecule has 268 valence electrons. The first kappa shape index (κ1) is 38.7. The lowest BCUT2D eigenvalue weighted by molar-refractivity contribution is -0.238. The summed E-state index contributed by atoms with van der Waals surface area (Å²) in [6.45, 7) is 19.3. The Morgan fingerprint density at radius 3 is 2.04 bits per heavy atom. The molecule has 13 nitrogen and oxygen atoms in total. The molecule has 1 heterocycles. The van der Waals surface area contributed by atoms with Gasteiger partial charge in [0.25, 0.3) is 0 Å². The van der Waals surface area contributed by atoms with Crippen LogP contribution in [-0.2, 0) is 57.2 Å². The fourth-order valence-corrected chi connectivity index (χ4v) is 7.19. The van der Waals surface area contributed by atoms with Gasteiger partial charge < -0.3 is 33.5 Å². The van der Waals surface area contributed by atoms with E-state index in [1.165, 1.54) is 19.9 Å². The number of rotatable bonds is 8. The molecule has 0 bridgehead atoms. The Hall–Kier alpha value is -3.74. The van der Waals surface area contributed by atoms with Crippen LogP contribution in [0.2, 0.25) is 0 Å². The molecule has 3 rings (SSSR count). The van der Waals surface area contributed by atoms with Gasteiger partial charge in [-0.05, 0) is 31.4 Å². The van der Waals surface area contributed by atoms with Crippen LogP contribution in [0.1, 0.15) is 88.5 Å². The van der Waals surface area contributed by atoms with Crippen LogP contribution < -0.4 is 0 Å². The maximum Gasteiger partial charge on any atom is 0.312 e. The van der Waals surface area contributed by atoms with E-state index in [0.717, 1.165) is 13.8 Å². The molecule has 2 aliphatic carbocycles. The minimum atomic E-state index is -2.25. The van der Waals surface area contributed by atoms with Gasteiger partial charge in [0.15, 0.2) is 11.7 Å². The van der Waals surface area contributed by atoms with Gasteiger partial charge in [0.1, 0.15) is 30.5 Å². The highest BCUT2D eigenvalue weighted by molar-refractivity contribution is 5.78. The van der Waals surface area contributed by atoms with Gasteiger partial charge in [-0.2, -0.15) is 0 Å². The van der Waals surface area contributed by atoms with Crippen LogP contribution in [0, 0.1) is 29.1 Å². The van der Waals surface area contributed by atoms with Crippen LogP contribution in [0.5, 0.6) is 0 Å². The Kier molecular flexibility index (Phi) is 11.9. The molecule has 0 aromatic heterocycles. The topological polar surface area (TPSA) is 178 Å². The summed E-state index contributed by atoms with van der Waals surface area (Å²) in [6, 6.07) is 0. The lowest BCUT2D eigenvalue weighted by atomic mass is 9.54. The minimum Gasteiger partial charge on any atom is -0.461 e. The molecule has 1 aliphatic heterocycles. The van der Waals surface area contributed by atoms with Crippen LogP contribution >= 0.6 is 0 Å². The van der Waals surface area contributed by atoms with E-state index in [-0.39, 0.29) is 30.8 Å². The summed E-state index contributed by atoms with van der Waals surface area (Å²) in [5.41, 5.74) is -3.30. The van der Waals surface area contributed by atoms with Crippen molar-refractivity contribution in [2.24, 2.45) is 29.1 Å². The van der Waals surface area contributed by atoms with Gasteiger partial charge in [0.2, 0.25) is 0 Å². The predicted octanol–water partition coefficient (Wildman–Crippen LogP) is 3.53. The zero-order valence-corrected chi connectivity index (χ0v) is 29.5. The smallest absolute Gasteiger partial charge is 0.312 e. The molecule has 10 unspecified atom stereocenters. The third kappa shape index (κ3) is 7.76. The van der Waals surface area contributed by atoms with Crippen molar-refractivity contribution in [3.8, 4) is 0 Å². The van der Waals surface area contributed by atoms with E-state index in [4.69, 9.17) is 28.4 Å². The molecule has 1 N–H and O–H groups in total. The van der Waals surface area contributed by atoms with Crippen LogP contribution in [0.4, 0.5) is 0 Å². The number of esters is 6. The zero-order valence-electron chi connectivity index (χ0n) is 29.5. The molecule has 3 aliphatic rings. The first-order valence-corrected chi connectivity index (χ1v) is 16.3. The fraction of sp³-hybridized carbons (Fsp3) is 0.714. The fourth-order valence-electron chi connectivity index (χ4n) is 7.19. The molecule has 0 spiro atoms. The van der Waals surface area contributed by atoms with Crippen LogP contribution in [0.25, 0.3) is 0 Å². The molecule has 13 heteroatoms. The van der Waals surface area contributed by atoms with Crippen LogP contribution in [0.3, 0.4) is 0 Å².